The van der Waals surface area contributed by atoms with Gasteiger partial charge in [-0.2, -0.15) is 0 Å². The number of rotatable bonds is 9. The van der Waals surface area contributed by atoms with Gasteiger partial charge in [0.1, 0.15) is 6.61 Å². The van der Waals surface area contributed by atoms with E-state index in [2.05, 4.69) is 19.6 Å². The van der Waals surface area contributed by atoms with Gasteiger partial charge in [0.05, 0.1) is 11.4 Å². The van der Waals surface area contributed by atoms with Crippen LogP contribution in [0.4, 0.5) is 0 Å². The molecule has 1 rings (SSSR count). The molecule has 2 atom stereocenters. The smallest absolute Gasteiger partial charge is 0.220 e. The molecule has 1 aliphatic heterocycles. The lowest BCUT2D eigenvalue weighted by Gasteiger charge is -2.31. The van der Waals surface area contributed by atoms with Crippen LogP contribution in [0.3, 0.4) is 0 Å². The first kappa shape index (κ1) is 18.4. The zero-order valence-electron chi connectivity index (χ0n) is 13.0. The Labute approximate surface area is 133 Å². The molecule has 0 aromatic carbocycles. The Kier molecular flexibility index (Phi) is 8.00. The molecule has 0 amide bonds. The molecule has 4 nitrogen and oxygen atoms in total. The third-order valence-corrected chi connectivity index (χ3v) is 5.13. The number of hydrogen-bond acceptors (Lipinski definition) is 6. The van der Waals surface area contributed by atoms with Gasteiger partial charge in [0.15, 0.2) is 14.6 Å². The van der Waals surface area contributed by atoms with E-state index in [0.29, 0.717) is 24.2 Å². The topological polar surface area (TPSA) is 36.9 Å². The van der Waals surface area contributed by atoms with Crippen LogP contribution < -0.4 is 0 Å². The van der Waals surface area contributed by atoms with Crippen LogP contribution >= 0.6 is 24.0 Å². The fourth-order valence-electron chi connectivity index (χ4n) is 2.00. The Hall–Kier alpha value is 0.337. The quantitative estimate of drug-likeness (QED) is 0.364. The SMILES string of the molecule is CCOC(C[C@H](O[Si](C)(C)C)C1COC(=S)S1)OCC. The van der Waals surface area contributed by atoms with Crippen molar-refractivity contribution in [3.05, 3.63) is 0 Å². The minimum atomic E-state index is -1.65. The van der Waals surface area contributed by atoms with Crippen molar-refractivity contribution in [1.82, 2.24) is 0 Å². The molecule has 0 spiro atoms. The van der Waals surface area contributed by atoms with Crippen LogP contribution in [-0.4, -0.2) is 50.2 Å². The zero-order chi connectivity index (χ0) is 15.2. The number of ether oxygens (including phenoxy) is 3. The predicted molar refractivity (Wildman–Crippen MR) is 89.8 cm³/mol. The van der Waals surface area contributed by atoms with Gasteiger partial charge in [-0.25, -0.2) is 0 Å². The summed E-state index contributed by atoms with van der Waals surface area (Å²) in [5, 5.41) is 0.234. The lowest BCUT2D eigenvalue weighted by Crippen LogP contribution is -2.41. The van der Waals surface area contributed by atoms with Gasteiger partial charge in [-0.1, -0.05) is 11.8 Å². The van der Waals surface area contributed by atoms with Crippen LogP contribution in [-0.2, 0) is 18.6 Å². The molecule has 1 heterocycles. The highest BCUT2D eigenvalue weighted by atomic mass is 32.2. The van der Waals surface area contributed by atoms with Crippen molar-refractivity contribution >= 4 is 36.7 Å². The van der Waals surface area contributed by atoms with E-state index in [9.17, 15) is 0 Å². The molecular formula is C13H26O4S2Si. The minimum Gasteiger partial charge on any atom is -0.477 e. The first-order valence-electron chi connectivity index (χ1n) is 7.10. The molecular weight excluding hydrogens is 312 g/mol. The van der Waals surface area contributed by atoms with E-state index in [4.69, 9.17) is 30.9 Å². The van der Waals surface area contributed by atoms with Crippen molar-refractivity contribution in [3.63, 3.8) is 0 Å². The van der Waals surface area contributed by atoms with Gasteiger partial charge in [-0.3, -0.25) is 0 Å². The van der Waals surface area contributed by atoms with Gasteiger partial charge >= 0.3 is 0 Å². The minimum absolute atomic E-state index is 0.0511. The highest BCUT2D eigenvalue weighted by Gasteiger charge is 2.35. The summed E-state index contributed by atoms with van der Waals surface area (Å²) in [5.74, 6) is 0. The third kappa shape index (κ3) is 6.86. The molecule has 1 unspecified atom stereocenters. The fraction of sp³-hybridized carbons (Fsp3) is 0.923. The van der Waals surface area contributed by atoms with Gasteiger partial charge in [0, 0.05) is 19.6 Å². The Bertz CT molecular complexity index is 303. The average molecular weight is 339 g/mol. The molecule has 0 bridgehead atoms. The van der Waals surface area contributed by atoms with Gasteiger partial charge in [0.25, 0.3) is 0 Å². The van der Waals surface area contributed by atoms with Crippen LogP contribution in [0.15, 0.2) is 0 Å². The number of hydrogen-bond donors (Lipinski definition) is 0. The first-order chi connectivity index (χ1) is 9.35. The van der Waals surface area contributed by atoms with E-state index < -0.39 is 8.32 Å². The molecule has 0 aromatic heterocycles. The number of thiocarbonyl (C=S) groups is 1. The van der Waals surface area contributed by atoms with Crippen LogP contribution in [0.5, 0.6) is 0 Å². The fourth-order valence-corrected chi connectivity index (χ4v) is 4.54. The van der Waals surface area contributed by atoms with Crippen LogP contribution in [0, 0.1) is 0 Å². The standard InChI is InChI=1S/C13H26O4S2Si/c1-6-14-12(15-7-2)8-10(17-20(3,4)5)11-9-16-13(18)19-11/h10-12H,6-9H2,1-5H3/t10-,11?/m0/s1. The number of thioether (sulfide) groups is 1. The molecule has 0 aromatic rings. The van der Waals surface area contributed by atoms with Crippen molar-refractivity contribution in [2.75, 3.05) is 19.8 Å². The second kappa shape index (κ2) is 8.70. The highest BCUT2D eigenvalue weighted by molar-refractivity contribution is 8.23. The molecule has 118 valence electrons. The largest absolute Gasteiger partial charge is 0.477 e. The lowest BCUT2D eigenvalue weighted by molar-refractivity contribution is -0.151. The zero-order valence-corrected chi connectivity index (χ0v) is 15.6. The molecule has 0 aliphatic carbocycles. The Balaban J connectivity index is 2.67. The van der Waals surface area contributed by atoms with Gasteiger partial charge in [0.2, 0.25) is 4.38 Å². The monoisotopic (exact) mass is 338 g/mol. The van der Waals surface area contributed by atoms with Gasteiger partial charge in [-0.15, -0.1) is 0 Å². The van der Waals surface area contributed by atoms with Crippen LogP contribution in [0.1, 0.15) is 20.3 Å². The summed E-state index contributed by atoms with van der Waals surface area (Å²) >= 11 is 6.69. The molecule has 7 heteroatoms. The van der Waals surface area contributed by atoms with E-state index in [1.54, 1.807) is 11.8 Å². The summed E-state index contributed by atoms with van der Waals surface area (Å²) < 4.78 is 23.6. The normalized spacial score (nSPS) is 21.3. The van der Waals surface area contributed by atoms with Gasteiger partial charge in [-0.05, 0) is 45.7 Å². The molecule has 20 heavy (non-hydrogen) atoms. The highest BCUT2D eigenvalue weighted by Crippen LogP contribution is 2.31. The Morgan fingerprint density at radius 3 is 2.30 bits per heavy atom. The van der Waals surface area contributed by atoms with Crippen molar-refractivity contribution < 1.29 is 18.6 Å². The summed E-state index contributed by atoms with van der Waals surface area (Å²) in [5.41, 5.74) is 0. The van der Waals surface area contributed by atoms with E-state index >= 15 is 0 Å². The summed E-state index contributed by atoms with van der Waals surface area (Å²) in [6.45, 7) is 12.4. The van der Waals surface area contributed by atoms with Crippen LogP contribution in [0.2, 0.25) is 19.6 Å². The van der Waals surface area contributed by atoms with Crippen LogP contribution in [0.25, 0.3) is 0 Å². The molecule has 1 saturated heterocycles. The maximum atomic E-state index is 6.31. The van der Waals surface area contributed by atoms with Crippen molar-refractivity contribution in [3.8, 4) is 0 Å². The molecule has 1 fully saturated rings. The summed E-state index contributed by atoms with van der Waals surface area (Å²) in [4.78, 5) is 0. The molecule has 0 radical (unpaired) electrons. The maximum absolute atomic E-state index is 6.31. The summed E-state index contributed by atoms with van der Waals surface area (Å²) in [6.07, 6.45) is 0.548. The average Bonchev–Trinajstić information content (AvgIpc) is 2.74. The lowest BCUT2D eigenvalue weighted by atomic mass is 10.2. The van der Waals surface area contributed by atoms with E-state index in [0.717, 1.165) is 6.42 Å². The maximum Gasteiger partial charge on any atom is 0.220 e. The predicted octanol–water partition coefficient (Wildman–Crippen LogP) is 3.41. The Morgan fingerprint density at radius 2 is 1.90 bits per heavy atom. The van der Waals surface area contributed by atoms with Gasteiger partial charge < -0.3 is 18.6 Å². The van der Waals surface area contributed by atoms with E-state index in [1.165, 1.54) is 0 Å². The Morgan fingerprint density at radius 1 is 1.30 bits per heavy atom. The van der Waals surface area contributed by atoms with Crippen molar-refractivity contribution in [1.29, 1.82) is 0 Å². The first-order valence-corrected chi connectivity index (χ1v) is 11.8. The summed E-state index contributed by atoms with van der Waals surface area (Å²) in [7, 11) is -1.65. The second-order valence-electron chi connectivity index (χ2n) is 5.56. The molecule has 0 saturated carbocycles. The third-order valence-electron chi connectivity index (χ3n) is 2.66. The summed E-state index contributed by atoms with van der Waals surface area (Å²) in [6, 6.07) is 0. The molecule has 1 aliphatic rings. The van der Waals surface area contributed by atoms with Crippen molar-refractivity contribution in [2.45, 2.75) is 57.6 Å². The van der Waals surface area contributed by atoms with E-state index in [1.807, 2.05) is 13.8 Å². The molecule has 0 N–H and O–H groups in total. The second-order valence-corrected chi connectivity index (χ2v) is 11.9. The van der Waals surface area contributed by atoms with Crippen molar-refractivity contribution in [2.24, 2.45) is 0 Å². The van der Waals surface area contributed by atoms with E-state index in [-0.39, 0.29) is 17.6 Å².